The Bertz CT molecular complexity index is 214. The van der Waals surface area contributed by atoms with Crippen molar-refractivity contribution < 1.29 is 0 Å². The first kappa shape index (κ1) is 9.27. The van der Waals surface area contributed by atoms with Crippen molar-refractivity contribution in [2.24, 2.45) is 0 Å². The van der Waals surface area contributed by atoms with E-state index in [-0.39, 0.29) is 3.74 Å². The van der Waals surface area contributed by atoms with E-state index in [4.69, 9.17) is 0 Å². The minimum Gasteiger partial charge on any atom is -0.0712 e. The summed E-state index contributed by atoms with van der Waals surface area (Å²) in [5.41, 5.74) is 2.65. The molecule has 0 aliphatic rings. The van der Waals surface area contributed by atoms with Crippen LogP contribution in [0.5, 0.6) is 0 Å². The van der Waals surface area contributed by atoms with Crippen LogP contribution in [0.15, 0.2) is 24.3 Å². The topological polar surface area (TPSA) is 0 Å². The molecule has 0 bridgehead atoms. The molecule has 0 unspecified atom stereocenters. The normalized spacial score (nSPS) is 10.5. The smallest absolute Gasteiger partial charge is 0.0712 e. The maximum Gasteiger partial charge on any atom is 0.0946 e. The van der Waals surface area contributed by atoms with Crippen molar-refractivity contribution in [3.8, 4) is 0 Å². The van der Waals surface area contributed by atoms with Gasteiger partial charge in [0.05, 0.1) is 3.74 Å². The summed E-state index contributed by atoms with van der Waals surface area (Å²) in [6.45, 7) is 2.16. The van der Waals surface area contributed by atoms with Crippen LogP contribution in [0.3, 0.4) is 0 Å². The molecule has 0 N–H and O–H groups in total. The maximum atomic E-state index is 3.45. The molecule has 11 heavy (non-hydrogen) atoms. The lowest BCUT2D eigenvalue weighted by Gasteiger charge is -2.02. The van der Waals surface area contributed by atoms with Crippen LogP contribution in [0.4, 0.5) is 0 Å². The van der Waals surface area contributed by atoms with Gasteiger partial charge in [-0.05, 0) is 17.5 Å². The fourth-order valence-electron chi connectivity index (χ4n) is 0.899. The molecule has 0 nitrogen and oxygen atoms in total. The third-order valence-corrected chi connectivity index (χ3v) is 2.70. The van der Waals surface area contributed by atoms with Crippen molar-refractivity contribution in [1.82, 2.24) is 0 Å². The summed E-state index contributed by atoms with van der Waals surface area (Å²) in [5.74, 6) is 0. The number of halogens is 2. The SMILES string of the molecule is CCc1ccc(C(Br)Br)cc1. The third-order valence-electron chi connectivity index (χ3n) is 1.64. The Morgan fingerprint density at radius 2 is 1.73 bits per heavy atom. The molecule has 0 radical (unpaired) electrons. The fourth-order valence-corrected chi connectivity index (χ4v) is 1.51. The van der Waals surface area contributed by atoms with Gasteiger partial charge in [-0.3, -0.25) is 0 Å². The van der Waals surface area contributed by atoms with Crippen molar-refractivity contribution >= 4 is 31.9 Å². The quantitative estimate of drug-likeness (QED) is 0.716. The average Bonchev–Trinajstić information content (AvgIpc) is 2.05. The summed E-state index contributed by atoms with van der Waals surface area (Å²) in [6.07, 6.45) is 1.11. The van der Waals surface area contributed by atoms with Crippen LogP contribution in [-0.4, -0.2) is 0 Å². The lowest BCUT2D eigenvalue weighted by atomic mass is 10.1. The molecule has 0 heterocycles. The highest BCUT2D eigenvalue weighted by molar-refractivity contribution is 9.24. The zero-order chi connectivity index (χ0) is 8.27. The molecule has 0 fully saturated rings. The molecule has 1 aromatic rings. The summed E-state index contributed by atoms with van der Waals surface area (Å²) < 4.78 is 0.279. The van der Waals surface area contributed by atoms with Crippen molar-refractivity contribution in [3.63, 3.8) is 0 Å². The van der Waals surface area contributed by atoms with E-state index in [9.17, 15) is 0 Å². The highest BCUT2D eigenvalue weighted by Gasteiger charge is 2.00. The predicted molar refractivity (Wildman–Crippen MR) is 56.4 cm³/mol. The van der Waals surface area contributed by atoms with Crippen molar-refractivity contribution in [2.45, 2.75) is 17.1 Å². The molecular formula is C9H10Br2. The Kier molecular flexibility index (Phi) is 3.60. The number of alkyl halides is 2. The zero-order valence-electron chi connectivity index (χ0n) is 6.35. The van der Waals surface area contributed by atoms with Gasteiger partial charge in [0.25, 0.3) is 0 Å². The van der Waals surface area contributed by atoms with Gasteiger partial charge in [-0.1, -0.05) is 63.0 Å². The molecule has 60 valence electrons. The van der Waals surface area contributed by atoms with Crippen LogP contribution >= 0.6 is 31.9 Å². The van der Waals surface area contributed by atoms with E-state index in [0.29, 0.717) is 0 Å². The highest BCUT2D eigenvalue weighted by Crippen LogP contribution is 2.28. The molecule has 0 spiro atoms. The van der Waals surface area contributed by atoms with Crippen LogP contribution in [0.25, 0.3) is 0 Å². The molecule has 0 aromatic heterocycles. The molecule has 0 atom stereocenters. The second kappa shape index (κ2) is 4.27. The monoisotopic (exact) mass is 276 g/mol. The fraction of sp³-hybridized carbons (Fsp3) is 0.333. The molecular weight excluding hydrogens is 268 g/mol. The first-order chi connectivity index (χ1) is 5.24. The van der Waals surface area contributed by atoms with Crippen molar-refractivity contribution in [2.75, 3.05) is 0 Å². The predicted octanol–water partition coefficient (Wildman–Crippen LogP) is 4.04. The first-order valence-corrected chi connectivity index (χ1v) is 5.44. The van der Waals surface area contributed by atoms with E-state index in [1.807, 2.05) is 0 Å². The second-order valence-electron chi connectivity index (χ2n) is 2.40. The zero-order valence-corrected chi connectivity index (χ0v) is 9.52. The van der Waals surface area contributed by atoms with Gasteiger partial charge in [-0.2, -0.15) is 0 Å². The van der Waals surface area contributed by atoms with Gasteiger partial charge in [0.15, 0.2) is 0 Å². The largest absolute Gasteiger partial charge is 0.0946 e. The lowest BCUT2D eigenvalue weighted by Crippen LogP contribution is -1.82. The Morgan fingerprint density at radius 3 is 2.09 bits per heavy atom. The standard InChI is InChI=1S/C9H10Br2/c1-2-7-3-5-8(6-4-7)9(10)11/h3-6,9H,2H2,1H3. The van der Waals surface area contributed by atoms with Crippen LogP contribution < -0.4 is 0 Å². The molecule has 1 rings (SSSR count). The van der Waals surface area contributed by atoms with Crippen LogP contribution in [0.1, 0.15) is 21.8 Å². The summed E-state index contributed by atoms with van der Waals surface area (Å²) in [6, 6.07) is 8.58. The second-order valence-corrected chi connectivity index (χ2v) is 5.46. The van der Waals surface area contributed by atoms with E-state index >= 15 is 0 Å². The maximum absolute atomic E-state index is 3.45. The Hall–Kier alpha value is 0.180. The van der Waals surface area contributed by atoms with Gasteiger partial charge in [0.2, 0.25) is 0 Å². The van der Waals surface area contributed by atoms with Gasteiger partial charge in [-0.25, -0.2) is 0 Å². The number of rotatable bonds is 2. The lowest BCUT2D eigenvalue weighted by molar-refractivity contribution is 1.13. The number of hydrogen-bond donors (Lipinski definition) is 0. The van der Waals surface area contributed by atoms with E-state index in [2.05, 4.69) is 63.0 Å². The van der Waals surface area contributed by atoms with Gasteiger partial charge in [0.1, 0.15) is 0 Å². The molecule has 0 amide bonds. The number of benzene rings is 1. The van der Waals surface area contributed by atoms with Crippen LogP contribution in [0.2, 0.25) is 0 Å². The van der Waals surface area contributed by atoms with E-state index in [1.165, 1.54) is 11.1 Å². The minimum absolute atomic E-state index is 0.279. The van der Waals surface area contributed by atoms with Gasteiger partial charge in [-0.15, -0.1) is 0 Å². The first-order valence-electron chi connectivity index (χ1n) is 3.61. The Morgan fingerprint density at radius 1 is 1.18 bits per heavy atom. The molecule has 0 aliphatic carbocycles. The Balaban J connectivity index is 2.83. The van der Waals surface area contributed by atoms with E-state index < -0.39 is 0 Å². The molecule has 0 saturated heterocycles. The highest BCUT2D eigenvalue weighted by atomic mass is 79.9. The van der Waals surface area contributed by atoms with Crippen molar-refractivity contribution in [1.29, 1.82) is 0 Å². The summed E-state index contributed by atoms with van der Waals surface area (Å²) >= 11 is 6.89. The van der Waals surface area contributed by atoms with E-state index in [1.54, 1.807) is 0 Å². The number of hydrogen-bond acceptors (Lipinski definition) is 0. The average molecular weight is 278 g/mol. The summed E-state index contributed by atoms with van der Waals surface area (Å²) in [5, 5.41) is 0. The van der Waals surface area contributed by atoms with E-state index in [0.717, 1.165) is 6.42 Å². The number of aryl methyl sites for hydroxylation is 1. The molecule has 0 aliphatic heterocycles. The van der Waals surface area contributed by atoms with Crippen LogP contribution in [0, 0.1) is 0 Å². The molecule has 2 heteroatoms. The third kappa shape index (κ3) is 2.60. The van der Waals surface area contributed by atoms with Gasteiger partial charge < -0.3 is 0 Å². The van der Waals surface area contributed by atoms with Gasteiger partial charge >= 0.3 is 0 Å². The van der Waals surface area contributed by atoms with Crippen molar-refractivity contribution in [3.05, 3.63) is 35.4 Å². The van der Waals surface area contributed by atoms with Gasteiger partial charge in [0, 0.05) is 0 Å². The summed E-state index contributed by atoms with van der Waals surface area (Å²) in [7, 11) is 0. The minimum atomic E-state index is 0.279. The molecule has 0 saturated carbocycles. The Labute approximate surface area is 84.3 Å². The van der Waals surface area contributed by atoms with Crippen LogP contribution in [-0.2, 0) is 6.42 Å². The summed E-state index contributed by atoms with van der Waals surface area (Å²) in [4.78, 5) is 0. The molecule has 1 aromatic carbocycles.